The first-order valence-electron chi connectivity index (χ1n) is 3.53. The molecule has 0 amide bonds. The molecular weight excluding hydrogens is 138 g/mol. The van der Waals surface area contributed by atoms with Crippen molar-refractivity contribution >= 4 is 11.9 Å². The number of aryl methyl sites for hydroxylation is 1. The molecule has 0 fully saturated rings. The van der Waals surface area contributed by atoms with E-state index in [1.165, 1.54) is 6.21 Å². The predicted molar refractivity (Wildman–Crippen MR) is 45.9 cm³/mol. The summed E-state index contributed by atoms with van der Waals surface area (Å²) in [5.41, 5.74) is 7.93. The Kier molecular flexibility index (Phi) is 2.21. The Morgan fingerprint density at radius 3 is 3.00 bits per heavy atom. The fraction of sp³-hybridized carbons (Fsp3) is 0.250. The first kappa shape index (κ1) is 7.72. The Bertz CT molecular complexity index is 268. The maximum atomic E-state index is 6.99. The molecule has 3 N–H and O–H groups in total. The second-order valence-electron chi connectivity index (χ2n) is 2.27. The van der Waals surface area contributed by atoms with Crippen molar-refractivity contribution in [3.05, 3.63) is 23.5 Å². The SMILES string of the molecule is CCc1ccnc(C=N)c1N. The molecule has 0 saturated carbocycles. The minimum absolute atomic E-state index is 0.560. The third-order valence-electron chi connectivity index (χ3n) is 1.63. The lowest BCUT2D eigenvalue weighted by Gasteiger charge is -2.03. The van der Waals surface area contributed by atoms with Crippen LogP contribution in [0.2, 0.25) is 0 Å². The van der Waals surface area contributed by atoms with Gasteiger partial charge in [-0.3, -0.25) is 4.98 Å². The molecular formula is C8H11N3. The highest BCUT2D eigenvalue weighted by Crippen LogP contribution is 2.13. The molecule has 0 bridgehead atoms. The first-order chi connectivity index (χ1) is 5.29. The molecule has 0 unspecified atom stereocenters. The van der Waals surface area contributed by atoms with Crippen LogP contribution in [0.4, 0.5) is 5.69 Å². The lowest BCUT2D eigenvalue weighted by molar-refractivity contribution is 1.12. The lowest BCUT2D eigenvalue weighted by atomic mass is 10.1. The normalized spacial score (nSPS) is 9.55. The van der Waals surface area contributed by atoms with Crippen LogP contribution in [0, 0.1) is 5.41 Å². The van der Waals surface area contributed by atoms with Crippen LogP contribution in [-0.4, -0.2) is 11.2 Å². The molecule has 58 valence electrons. The molecule has 0 aliphatic heterocycles. The van der Waals surface area contributed by atoms with Crippen molar-refractivity contribution in [2.24, 2.45) is 0 Å². The van der Waals surface area contributed by atoms with Gasteiger partial charge in [0.2, 0.25) is 0 Å². The summed E-state index contributed by atoms with van der Waals surface area (Å²) in [5.74, 6) is 0. The topological polar surface area (TPSA) is 62.8 Å². The molecule has 1 aromatic heterocycles. The maximum Gasteiger partial charge on any atom is 0.104 e. The van der Waals surface area contributed by atoms with E-state index in [1.54, 1.807) is 6.20 Å². The monoisotopic (exact) mass is 149 g/mol. The molecule has 3 heteroatoms. The summed E-state index contributed by atoms with van der Waals surface area (Å²) in [6.45, 7) is 2.03. The number of anilines is 1. The number of nitrogens with one attached hydrogen (secondary N) is 1. The summed E-state index contributed by atoms with van der Waals surface area (Å²) in [7, 11) is 0. The van der Waals surface area contributed by atoms with Crippen molar-refractivity contribution in [2.45, 2.75) is 13.3 Å². The molecule has 0 saturated heterocycles. The Morgan fingerprint density at radius 1 is 1.73 bits per heavy atom. The average Bonchev–Trinajstić information content (AvgIpc) is 2.05. The van der Waals surface area contributed by atoms with Crippen LogP contribution in [0.5, 0.6) is 0 Å². The quantitative estimate of drug-likeness (QED) is 0.621. The highest BCUT2D eigenvalue weighted by atomic mass is 14.7. The van der Waals surface area contributed by atoms with Gasteiger partial charge in [-0.15, -0.1) is 0 Å². The molecule has 1 heterocycles. The zero-order valence-electron chi connectivity index (χ0n) is 6.46. The number of rotatable bonds is 2. The van der Waals surface area contributed by atoms with E-state index in [1.807, 2.05) is 13.0 Å². The fourth-order valence-electron chi connectivity index (χ4n) is 0.955. The van der Waals surface area contributed by atoms with Gasteiger partial charge in [0.15, 0.2) is 0 Å². The first-order valence-corrected chi connectivity index (χ1v) is 3.53. The van der Waals surface area contributed by atoms with E-state index in [9.17, 15) is 0 Å². The minimum atomic E-state index is 0.560. The summed E-state index contributed by atoms with van der Waals surface area (Å²) in [5, 5.41) is 6.99. The molecule has 3 nitrogen and oxygen atoms in total. The summed E-state index contributed by atoms with van der Waals surface area (Å²) < 4.78 is 0. The van der Waals surface area contributed by atoms with Crippen molar-refractivity contribution in [3.63, 3.8) is 0 Å². The third-order valence-corrected chi connectivity index (χ3v) is 1.63. The Labute approximate surface area is 65.8 Å². The van der Waals surface area contributed by atoms with Gasteiger partial charge in [0.25, 0.3) is 0 Å². The Hall–Kier alpha value is -1.38. The highest BCUT2D eigenvalue weighted by Gasteiger charge is 2.00. The van der Waals surface area contributed by atoms with Gasteiger partial charge in [0, 0.05) is 12.4 Å². The van der Waals surface area contributed by atoms with E-state index in [2.05, 4.69) is 4.98 Å². The van der Waals surface area contributed by atoms with Crippen LogP contribution >= 0.6 is 0 Å². The molecule has 0 aromatic carbocycles. The number of aromatic nitrogens is 1. The van der Waals surface area contributed by atoms with E-state index in [0.29, 0.717) is 11.4 Å². The molecule has 0 radical (unpaired) electrons. The Morgan fingerprint density at radius 2 is 2.45 bits per heavy atom. The van der Waals surface area contributed by atoms with E-state index < -0.39 is 0 Å². The van der Waals surface area contributed by atoms with Crippen LogP contribution in [0.15, 0.2) is 12.3 Å². The summed E-state index contributed by atoms with van der Waals surface area (Å²) >= 11 is 0. The standard InChI is InChI=1S/C8H11N3/c1-2-6-3-4-11-7(5-9)8(6)10/h3-5,9H,2,10H2,1H3. The molecule has 0 spiro atoms. The minimum Gasteiger partial charge on any atom is -0.397 e. The second-order valence-corrected chi connectivity index (χ2v) is 2.27. The van der Waals surface area contributed by atoms with E-state index >= 15 is 0 Å². The second kappa shape index (κ2) is 3.14. The van der Waals surface area contributed by atoms with Crippen molar-refractivity contribution in [1.82, 2.24) is 4.98 Å². The van der Waals surface area contributed by atoms with Gasteiger partial charge < -0.3 is 11.1 Å². The van der Waals surface area contributed by atoms with Gasteiger partial charge in [-0.2, -0.15) is 0 Å². The van der Waals surface area contributed by atoms with Crippen LogP contribution in [0.1, 0.15) is 18.2 Å². The van der Waals surface area contributed by atoms with Crippen molar-refractivity contribution in [1.29, 1.82) is 5.41 Å². The molecule has 0 atom stereocenters. The number of pyridine rings is 1. The summed E-state index contributed by atoms with van der Waals surface area (Å²) in [6, 6.07) is 1.88. The predicted octanol–water partition coefficient (Wildman–Crippen LogP) is 1.22. The van der Waals surface area contributed by atoms with Gasteiger partial charge >= 0.3 is 0 Å². The smallest absolute Gasteiger partial charge is 0.104 e. The number of hydrogen-bond donors (Lipinski definition) is 2. The van der Waals surface area contributed by atoms with E-state index in [4.69, 9.17) is 11.1 Å². The molecule has 11 heavy (non-hydrogen) atoms. The molecule has 0 aliphatic carbocycles. The fourth-order valence-corrected chi connectivity index (χ4v) is 0.955. The van der Waals surface area contributed by atoms with Crippen LogP contribution < -0.4 is 5.73 Å². The third kappa shape index (κ3) is 1.37. The molecule has 1 aromatic rings. The molecule has 0 aliphatic rings. The number of nitrogen functional groups attached to an aromatic ring is 1. The molecule has 1 rings (SSSR count). The van der Waals surface area contributed by atoms with Crippen LogP contribution in [0.3, 0.4) is 0 Å². The van der Waals surface area contributed by atoms with Gasteiger partial charge in [-0.1, -0.05) is 6.92 Å². The van der Waals surface area contributed by atoms with Crippen LogP contribution in [-0.2, 0) is 6.42 Å². The maximum absolute atomic E-state index is 6.99. The van der Waals surface area contributed by atoms with Gasteiger partial charge in [-0.25, -0.2) is 0 Å². The average molecular weight is 149 g/mol. The van der Waals surface area contributed by atoms with E-state index in [-0.39, 0.29) is 0 Å². The Balaban J connectivity index is 3.20. The zero-order chi connectivity index (χ0) is 8.27. The summed E-state index contributed by atoms with van der Waals surface area (Å²) in [4.78, 5) is 3.94. The van der Waals surface area contributed by atoms with E-state index in [0.717, 1.165) is 12.0 Å². The van der Waals surface area contributed by atoms with Crippen molar-refractivity contribution in [3.8, 4) is 0 Å². The summed E-state index contributed by atoms with van der Waals surface area (Å²) in [6.07, 6.45) is 3.74. The number of nitrogens with zero attached hydrogens (tertiary/aromatic N) is 1. The number of nitrogens with two attached hydrogens (primary N) is 1. The zero-order valence-corrected chi connectivity index (χ0v) is 6.46. The van der Waals surface area contributed by atoms with Crippen molar-refractivity contribution < 1.29 is 0 Å². The lowest BCUT2D eigenvalue weighted by Crippen LogP contribution is -2.00. The van der Waals surface area contributed by atoms with Crippen LogP contribution in [0.25, 0.3) is 0 Å². The number of hydrogen-bond acceptors (Lipinski definition) is 3. The van der Waals surface area contributed by atoms with Crippen molar-refractivity contribution in [2.75, 3.05) is 5.73 Å². The van der Waals surface area contributed by atoms with Gasteiger partial charge in [0.05, 0.1) is 5.69 Å². The highest BCUT2D eigenvalue weighted by molar-refractivity contribution is 5.83. The largest absolute Gasteiger partial charge is 0.397 e. The van der Waals surface area contributed by atoms with Gasteiger partial charge in [0.1, 0.15) is 5.69 Å². The van der Waals surface area contributed by atoms with Gasteiger partial charge in [-0.05, 0) is 18.1 Å².